The van der Waals surface area contributed by atoms with Gasteiger partial charge in [0.25, 0.3) is 0 Å². The molecule has 0 unspecified atom stereocenters. The lowest BCUT2D eigenvalue weighted by molar-refractivity contribution is -0.123. The third-order valence-corrected chi connectivity index (χ3v) is 3.71. The second-order valence-electron chi connectivity index (χ2n) is 5.19. The standard InChI is InChI=1S/C17H15ClN2O5/c1-23-13-4-2-10(6-12(13)18)19-16(21)8-17(22)20-11-3-5-14-15(7-11)25-9-24-14/h2-7H,8-9H2,1H3,(H,19,21)(H,20,22). The highest BCUT2D eigenvalue weighted by atomic mass is 35.5. The molecule has 3 rings (SSSR count). The van der Waals surface area contributed by atoms with E-state index in [9.17, 15) is 9.59 Å². The number of methoxy groups -OCH3 is 1. The third-order valence-electron chi connectivity index (χ3n) is 3.41. The molecule has 0 bridgehead atoms. The van der Waals surface area contributed by atoms with Gasteiger partial charge in [0.15, 0.2) is 11.5 Å². The normalized spacial score (nSPS) is 11.8. The Kier molecular flexibility index (Phi) is 4.95. The molecule has 0 saturated carbocycles. The zero-order valence-corrected chi connectivity index (χ0v) is 14.1. The van der Waals surface area contributed by atoms with E-state index in [0.717, 1.165) is 0 Å². The first-order valence-electron chi connectivity index (χ1n) is 7.38. The topological polar surface area (TPSA) is 85.9 Å². The van der Waals surface area contributed by atoms with Crippen molar-refractivity contribution < 1.29 is 23.8 Å². The van der Waals surface area contributed by atoms with Crippen molar-refractivity contribution in [2.45, 2.75) is 6.42 Å². The van der Waals surface area contributed by atoms with Gasteiger partial charge in [-0.25, -0.2) is 0 Å². The molecule has 0 aromatic heterocycles. The molecule has 7 nitrogen and oxygen atoms in total. The Morgan fingerprint density at radius 3 is 2.36 bits per heavy atom. The van der Waals surface area contributed by atoms with Gasteiger partial charge in [0, 0.05) is 17.4 Å². The lowest BCUT2D eigenvalue weighted by atomic mass is 10.2. The maximum absolute atomic E-state index is 12.0. The molecule has 0 aliphatic carbocycles. The van der Waals surface area contributed by atoms with Crippen molar-refractivity contribution in [2.75, 3.05) is 24.5 Å². The minimum Gasteiger partial charge on any atom is -0.495 e. The van der Waals surface area contributed by atoms with Crippen molar-refractivity contribution in [3.05, 3.63) is 41.4 Å². The van der Waals surface area contributed by atoms with E-state index in [1.807, 2.05) is 0 Å². The molecular formula is C17H15ClN2O5. The van der Waals surface area contributed by atoms with Crippen molar-refractivity contribution in [3.8, 4) is 17.2 Å². The molecule has 130 valence electrons. The van der Waals surface area contributed by atoms with Crippen molar-refractivity contribution in [3.63, 3.8) is 0 Å². The summed E-state index contributed by atoms with van der Waals surface area (Å²) in [6.45, 7) is 0.152. The predicted octanol–water partition coefficient (Wildman–Crippen LogP) is 3.04. The van der Waals surface area contributed by atoms with E-state index >= 15 is 0 Å². The largest absolute Gasteiger partial charge is 0.495 e. The van der Waals surface area contributed by atoms with Crippen LogP contribution in [0.5, 0.6) is 17.2 Å². The summed E-state index contributed by atoms with van der Waals surface area (Å²) in [4.78, 5) is 24.0. The van der Waals surface area contributed by atoms with Crippen LogP contribution >= 0.6 is 11.6 Å². The SMILES string of the molecule is COc1ccc(NC(=O)CC(=O)Nc2ccc3c(c2)OCO3)cc1Cl. The highest BCUT2D eigenvalue weighted by Gasteiger charge is 2.15. The molecule has 25 heavy (non-hydrogen) atoms. The van der Waals surface area contributed by atoms with E-state index in [1.165, 1.54) is 7.11 Å². The van der Waals surface area contributed by atoms with Crippen molar-refractivity contribution in [1.29, 1.82) is 0 Å². The van der Waals surface area contributed by atoms with Gasteiger partial charge in [0.05, 0.1) is 12.1 Å². The molecule has 2 aromatic carbocycles. The number of hydrogen-bond acceptors (Lipinski definition) is 5. The van der Waals surface area contributed by atoms with E-state index in [4.69, 9.17) is 25.8 Å². The Balaban J connectivity index is 1.55. The van der Waals surface area contributed by atoms with Crippen LogP contribution < -0.4 is 24.8 Å². The van der Waals surface area contributed by atoms with E-state index in [1.54, 1.807) is 36.4 Å². The fourth-order valence-corrected chi connectivity index (χ4v) is 2.53. The summed E-state index contributed by atoms with van der Waals surface area (Å²) in [6, 6.07) is 9.82. The van der Waals surface area contributed by atoms with E-state index in [0.29, 0.717) is 33.6 Å². The first-order chi connectivity index (χ1) is 12.0. The van der Waals surface area contributed by atoms with Gasteiger partial charge < -0.3 is 24.8 Å². The van der Waals surface area contributed by atoms with E-state index < -0.39 is 11.8 Å². The number of fused-ring (bicyclic) bond motifs is 1. The van der Waals surface area contributed by atoms with Gasteiger partial charge in [-0.1, -0.05) is 11.6 Å². The molecule has 2 amide bonds. The smallest absolute Gasteiger partial charge is 0.233 e. The van der Waals surface area contributed by atoms with Gasteiger partial charge in [0.1, 0.15) is 12.2 Å². The number of nitrogens with one attached hydrogen (secondary N) is 2. The van der Waals surface area contributed by atoms with Crippen LogP contribution in [-0.4, -0.2) is 25.7 Å². The second-order valence-corrected chi connectivity index (χ2v) is 5.60. The van der Waals surface area contributed by atoms with Crippen LogP contribution in [0.2, 0.25) is 5.02 Å². The van der Waals surface area contributed by atoms with Crippen molar-refractivity contribution >= 4 is 34.8 Å². The number of amides is 2. The van der Waals surface area contributed by atoms with Crippen LogP contribution in [0, 0.1) is 0 Å². The molecular weight excluding hydrogens is 348 g/mol. The fraction of sp³-hybridized carbons (Fsp3) is 0.176. The number of ether oxygens (including phenoxy) is 3. The summed E-state index contributed by atoms with van der Waals surface area (Å²) in [5.74, 6) is 0.762. The summed E-state index contributed by atoms with van der Waals surface area (Å²) in [7, 11) is 1.50. The first-order valence-corrected chi connectivity index (χ1v) is 7.76. The second kappa shape index (κ2) is 7.31. The molecule has 1 aliphatic rings. The predicted molar refractivity (Wildman–Crippen MR) is 92.4 cm³/mol. The minimum atomic E-state index is -0.459. The molecule has 1 heterocycles. The van der Waals surface area contributed by atoms with Crippen LogP contribution in [0.4, 0.5) is 11.4 Å². The summed E-state index contributed by atoms with van der Waals surface area (Å²) < 4.78 is 15.5. The zero-order chi connectivity index (χ0) is 17.8. The molecule has 8 heteroatoms. The number of hydrogen-bond donors (Lipinski definition) is 2. The maximum Gasteiger partial charge on any atom is 0.233 e. The average Bonchev–Trinajstić information content (AvgIpc) is 3.02. The van der Waals surface area contributed by atoms with Crippen LogP contribution in [-0.2, 0) is 9.59 Å². The Labute approximate surface area is 148 Å². The Hall–Kier alpha value is -2.93. The summed E-state index contributed by atoms with van der Waals surface area (Å²) in [5, 5.41) is 5.61. The van der Waals surface area contributed by atoms with Gasteiger partial charge in [0.2, 0.25) is 18.6 Å². The molecule has 0 spiro atoms. The molecule has 0 atom stereocenters. The van der Waals surface area contributed by atoms with Crippen LogP contribution in [0.3, 0.4) is 0 Å². The van der Waals surface area contributed by atoms with Crippen molar-refractivity contribution in [2.24, 2.45) is 0 Å². The third kappa shape index (κ3) is 4.13. The van der Waals surface area contributed by atoms with Gasteiger partial charge in [-0.05, 0) is 30.3 Å². The molecule has 0 saturated heterocycles. The van der Waals surface area contributed by atoms with Gasteiger partial charge >= 0.3 is 0 Å². The molecule has 2 aromatic rings. The highest BCUT2D eigenvalue weighted by molar-refractivity contribution is 6.32. The Bertz CT molecular complexity index is 825. The minimum absolute atomic E-state index is 0.152. The monoisotopic (exact) mass is 362 g/mol. The van der Waals surface area contributed by atoms with Gasteiger partial charge in [-0.3, -0.25) is 9.59 Å². The molecule has 0 radical (unpaired) electrons. The summed E-state index contributed by atoms with van der Waals surface area (Å²) >= 11 is 5.99. The quantitative estimate of drug-likeness (QED) is 0.798. The number of carbonyl (C=O) groups is 2. The number of rotatable bonds is 5. The summed E-state index contributed by atoms with van der Waals surface area (Å²) in [5.41, 5.74) is 1.00. The highest BCUT2D eigenvalue weighted by Crippen LogP contribution is 2.34. The summed E-state index contributed by atoms with van der Waals surface area (Å²) in [6.07, 6.45) is -0.335. The van der Waals surface area contributed by atoms with E-state index in [-0.39, 0.29) is 13.2 Å². The van der Waals surface area contributed by atoms with Gasteiger partial charge in [-0.15, -0.1) is 0 Å². The number of benzene rings is 2. The van der Waals surface area contributed by atoms with Crippen LogP contribution in [0.15, 0.2) is 36.4 Å². The lowest BCUT2D eigenvalue weighted by Crippen LogP contribution is -2.21. The maximum atomic E-state index is 12.0. The molecule has 2 N–H and O–H groups in total. The van der Waals surface area contributed by atoms with Crippen molar-refractivity contribution in [1.82, 2.24) is 0 Å². The zero-order valence-electron chi connectivity index (χ0n) is 13.3. The number of carbonyl (C=O) groups excluding carboxylic acids is 2. The van der Waals surface area contributed by atoms with Crippen LogP contribution in [0.1, 0.15) is 6.42 Å². The fourth-order valence-electron chi connectivity index (χ4n) is 2.27. The Morgan fingerprint density at radius 2 is 1.68 bits per heavy atom. The Morgan fingerprint density at radius 1 is 1.04 bits per heavy atom. The number of halogens is 1. The van der Waals surface area contributed by atoms with Crippen LogP contribution in [0.25, 0.3) is 0 Å². The molecule has 0 fully saturated rings. The first kappa shape index (κ1) is 16.9. The number of anilines is 2. The molecule has 1 aliphatic heterocycles. The average molecular weight is 363 g/mol. The van der Waals surface area contributed by atoms with E-state index in [2.05, 4.69) is 10.6 Å². The van der Waals surface area contributed by atoms with Gasteiger partial charge in [-0.2, -0.15) is 0 Å². The lowest BCUT2D eigenvalue weighted by Gasteiger charge is -2.09.